The molecule has 0 fully saturated rings. The van der Waals surface area contributed by atoms with E-state index >= 15 is 0 Å². The molecule has 3 rings (SSSR count). The Morgan fingerprint density at radius 1 is 1.25 bits per heavy atom. The summed E-state index contributed by atoms with van der Waals surface area (Å²) in [6.07, 6.45) is 3.45. The van der Waals surface area contributed by atoms with Gasteiger partial charge in [0, 0.05) is 20.1 Å². The van der Waals surface area contributed by atoms with Gasteiger partial charge in [0.2, 0.25) is 5.95 Å². The van der Waals surface area contributed by atoms with E-state index in [0.717, 1.165) is 16.9 Å². The number of imidazole rings is 1. The number of ether oxygens (including phenoxy) is 1. The van der Waals surface area contributed by atoms with Crippen molar-refractivity contribution in [2.75, 3.05) is 19.1 Å². The van der Waals surface area contributed by atoms with E-state index in [2.05, 4.69) is 15.0 Å². The van der Waals surface area contributed by atoms with E-state index in [-0.39, 0.29) is 17.0 Å². The fraction of sp³-hybridized carbons (Fsp3) is 0.300. The summed E-state index contributed by atoms with van der Waals surface area (Å²) in [5.41, 5.74) is 1.44. The van der Waals surface area contributed by atoms with Crippen molar-refractivity contribution in [3.8, 4) is 5.75 Å². The number of rotatable bonds is 6. The fourth-order valence-corrected chi connectivity index (χ4v) is 2.79. The summed E-state index contributed by atoms with van der Waals surface area (Å²) in [6, 6.07) is 7.54. The van der Waals surface area contributed by atoms with Gasteiger partial charge in [0.25, 0.3) is 5.56 Å². The van der Waals surface area contributed by atoms with Crippen molar-refractivity contribution in [1.29, 1.82) is 0 Å². The summed E-state index contributed by atoms with van der Waals surface area (Å²) in [5.74, 6) is 0.953. The van der Waals surface area contributed by atoms with Gasteiger partial charge in [-0.05, 0) is 31.5 Å². The van der Waals surface area contributed by atoms with Crippen molar-refractivity contribution in [1.82, 2.24) is 19.5 Å². The molecule has 1 N–H and O–H groups in total. The van der Waals surface area contributed by atoms with Gasteiger partial charge >= 0.3 is 5.56 Å². The van der Waals surface area contributed by atoms with Crippen molar-refractivity contribution >= 4 is 17.0 Å². The summed E-state index contributed by atoms with van der Waals surface area (Å²) in [6.45, 7) is 4.86. The molecule has 1 aromatic carbocycles. The second-order valence-corrected chi connectivity index (χ2v) is 6.77. The molecule has 3 aromatic rings. The number of benzene rings is 1. The van der Waals surface area contributed by atoms with Crippen LogP contribution in [0.1, 0.15) is 19.4 Å². The predicted octanol–water partition coefficient (Wildman–Crippen LogP) is 2.09. The third-order valence-electron chi connectivity index (χ3n) is 4.32. The molecule has 8 nitrogen and oxygen atoms in total. The van der Waals surface area contributed by atoms with Crippen LogP contribution in [0.15, 0.2) is 51.8 Å². The number of nitrogens with zero attached hydrogens (tertiary/aromatic N) is 4. The molecule has 0 bridgehead atoms. The topological polar surface area (TPSA) is 93.1 Å². The smallest absolute Gasteiger partial charge is 0.301 e. The van der Waals surface area contributed by atoms with Crippen LogP contribution in [0.25, 0.3) is 11.0 Å². The SMILES string of the molecule is COc1ccc(CN(C)c2nc(=O)c3ncn(CC=C(C)C)c3c(=O)[nH]2)cc1. The third-order valence-corrected chi connectivity index (χ3v) is 4.32. The van der Waals surface area contributed by atoms with E-state index in [1.54, 1.807) is 23.6 Å². The molecule has 0 unspecified atom stereocenters. The first kappa shape index (κ1) is 19.3. The first-order valence-electron chi connectivity index (χ1n) is 8.86. The van der Waals surface area contributed by atoms with Gasteiger partial charge in [-0.15, -0.1) is 0 Å². The molecule has 0 aliphatic heterocycles. The van der Waals surface area contributed by atoms with Crippen LogP contribution in [-0.4, -0.2) is 33.7 Å². The first-order chi connectivity index (χ1) is 13.4. The normalized spacial score (nSPS) is 10.7. The van der Waals surface area contributed by atoms with Gasteiger partial charge in [-0.1, -0.05) is 23.8 Å². The predicted molar refractivity (Wildman–Crippen MR) is 109 cm³/mol. The maximum Gasteiger partial charge on any atom is 0.301 e. The van der Waals surface area contributed by atoms with Crippen LogP contribution >= 0.6 is 0 Å². The first-order valence-corrected chi connectivity index (χ1v) is 8.86. The number of hydrogen-bond acceptors (Lipinski definition) is 6. The second kappa shape index (κ2) is 8.08. The van der Waals surface area contributed by atoms with E-state index in [0.29, 0.717) is 13.1 Å². The van der Waals surface area contributed by atoms with Crippen molar-refractivity contribution in [2.45, 2.75) is 26.9 Å². The highest BCUT2D eigenvalue weighted by Crippen LogP contribution is 2.14. The highest BCUT2D eigenvalue weighted by atomic mass is 16.5. The summed E-state index contributed by atoms with van der Waals surface area (Å²) in [5, 5.41) is 0. The third kappa shape index (κ3) is 4.11. The fourth-order valence-electron chi connectivity index (χ4n) is 2.79. The number of H-pyrrole nitrogens is 1. The summed E-state index contributed by atoms with van der Waals surface area (Å²) in [4.78, 5) is 37.9. The Hall–Kier alpha value is -3.42. The number of nitrogens with one attached hydrogen (secondary N) is 1. The van der Waals surface area contributed by atoms with E-state index in [1.165, 1.54) is 6.33 Å². The maximum atomic E-state index is 12.8. The largest absolute Gasteiger partial charge is 0.497 e. The highest BCUT2D eigenvalue weighted by Gasteiger charge is 2.13. The molecule has 0 radical (unpaired) electrons. The molecule has 0 atom stereocenters. The number of hydrogen-bond donors (Lipinski definition) is 1. The Bertz CT molecular complexity index is 1130. The summed E-state index contributed by atoms with van der Waals surface area (Å²) >= 11 is 0. The Morgan fingerprint density at radius 2 is 1.96 bits per heavy atom. The van der Waals surface area contributed by atoms with Crippen LogP contribution in [0.4, 0.5) is 5.95 Å². The minimum absolute atomic E-state index is 0.0625. The van der Waals surface area contributed by atoms with E-state index in [4.69, 9.17) is 4.74 Å². The molecular formula is C20H23N5O3. The number of aromatic nitrogens is 4. The molecule has 0 spiro atoms. The molecule has 28 heavy (non-hydrogen) atoms. The molecule has 2 aromatic heterocycles. The van der Waals surface area contributed by atoms with Crippen LogP contribution in [0.3, 0.4) is 0 Å². The zero-order valence-electron chi connectivity index (χ0n) is 16.4. The van der Waals surface area contributed by atoms with Crippen LogP contribution in [-0.2, 0) is 13.1 Å². The Balaban J connectivity index is 1.98. The molecular weight excluding hydrogens is 358 g/mol. The summed E-state index contributed by atoms with van der Waals surface area (Å²) < 4.78 is 6.81. The molecule has 0 aliphatic carbocycles. The molecule has 0 saturated carbocycles. The van der Waals surface area contributed by atoms with Crippen LogP contribution in [0.2, 0.25) is 0 Å². The van der Waals surface area contributed by atoms with Gasteiger partial charge in [-0.3, -0.25) is 14.6 Å². The highest BCUT2D eigenvalue weighted by molar-refractivity contribution is 5.72. The number of methoxy groups -OCH3 is 1. The van der Waals surface area contributed by atoms with Gasteiger partial charge in [0.15, 0.2) is 5.52 Å². The second-order valence-electron chi connectivity index (χ2n) is 6.77. The van der Waals surface area contributed by atoms with Crippen LogP contribution in [0.5, 0.6) is 5.75 Å². The van der Waals surface area contributed by atoms with Crippen molar-refractivity contribution in [3.05, 3.63) is 68.5 Å². The van der Waals surface area contributed by atoms with Gasteiger partial charge in [0.05, 0.1) is 13.4 Å². The van der Waals surface area contributed by atoms with Crippen molar-refractivity contribution in [3.63, 3.8) is 0 Å². The lowest BCUT2D eigenvalue weighted by Crippen LogP contribution is -2.22. The average molecular weight is 381 g/mol. The molecule has 0 amide bonds. The van der Waals surface area contributed by atoms with Gasteiger partial charge in [-0.25, -0.2) is 4.98 Å². The van der Waals surface area contributed by atoms with Crippen molar-refractivity contribution in [2.24, 2.45) is 0 Å². The van der Waals surface area contributed by atoms with Gasteiger partial charge < -0.3 is 14.2 Å². The molecule has 2 heterocycles. The quantitative estimate of drug-likeness (QED) is 0.657. The Labute approximate surface area is 162 Å². The van der Waals surface area contributed by atoms with E-state index < -0.39 is 11.1 Å². The zero-order valence-corrected chi connectivity index (χ0v) is 16.4. The van der Waals surface area contributed by atoms with Crippen LogP contribution < -0.4 is 20.8 Å². The molecule has 0 saturated heterocycles. The lowest BCUT2D eigenvalue weighted by atomic mass is 10.2. The number of aromatic amines is 1. The number of allylic oxidation sites excluding steroid dienone is 2. The molecule has 146 valence electrons. The monoisotopic (exact) mass is 381 g/mol. The lowest BCUT2D eigenvalue weighted by Gasteiger charge is -2.16. The zero-order chi connectivity index (χ0) is 20.3. The Morgan fingerprint density at radius 3 is 2.61 bits per heavy atom. The molecule has 8 heteroatoms. The van der Waals surface area contributed by atoms with Crippen LogP contribution in [0, 0.1) is 0 Å². The molecule has 0 aliphatic rings. The number of fused-ring (bicyclic) bond motifs is 1. The Kier molecular flexibility index (Phi) is 5.58. The van der Waals surface area contributed by atoms with Crippen molar-refractivity contribution < 1.29 is 4.74 Å². The van der Waals surface area contributed by atoms with E-state index in [9.17, 15) is 9.59 Å². The lowest BCUT2D eigenvalue weighted by molar-refractivity contribution is 0.414. The minimum atomic E-state index is -0.541. The minimum Gasteiger partial charge on any atom is -0.497 e. The standard InChI is InChI=1S/C20H23N5O3/c1-13(2)9-10-25-12-21-16-17(25)19(27)23-20(22-18(16)26)24(3)11-14-5-7-15(28-4)8-6-14/h5-9,12H,10-11H2,1-4H3,(H,22,23,26,27). The number of anilines is 1. The summed E-state index contributed by atoms with van der Waals surface area (Å²) in [7, 11) is 3.37. The van der Waals surface area contributed by atoms with E-state index in [1.807, 2.05) is 44.2 Å². The average Bonchev–Trinajstić information content (AvgIpc) is 3.05. The van der Waals surface area contributed by atoms with Gasteiger partial charge in [-0.2, -0.15) is 4.98 Å². The van der Waals surface area contributed by atoms with Gasteiger partial charge in [0.1, 0.15) is 11.3 Å². The maximum absolute atomic E-state index is 12.8.